The van der Waals surface area contributed by atoms with Gasteiger partial charge in [0.15, 0.2) is 5.96 Å². The van der Waals surface area contributed by atoms with E-state index in [9.17, 15) is 0 Å². The number of nitrogens with zero attached hydrogens (tertiary/aromatic N) is 2. The van der Waals surface area contributed by atoms with Crippen molar-refractivity contribution in [1.82, 2.24) is 15.5 Å². The number of thiophene rings is 1. The molecule has 0 bridgehead atoms. The summed E-state index contributed by atoms with van der Waals surface area (Å²) in [5.74, 6) is 0.880. The van der Waals surface area contributed by atoms with E-state index in [2.05, 4.69) is 46.9 Å². The zero-order chi connectivity index (χ0) is 18.2. The standard InChI is InChI=1S/C19H32N4O2S/c1-3-20-19(21-12-16-6-4-9-25-16)22-13-17(18-7-5-11-26-18)23-8-10-24-15(2)14-23/h5,7,11,15-17H,3-4,6,8-10,12-14H2,1-2H3,(H2,20,21,22). The number of rotatable bonds is 7. The van der Waals surface area contributed by atoms with Crippen LogP contribution in [0.2, 0.25) is 0 Å². The first kappa shape index (κ1) is 19.6. The quantitative estimate of drug-likeness (QED) is 0.561. The lowest BCUT2D eigenvalue weighted by atomic mass is 10.1. The van der Waals surface area contributed by atoms with Gasteiger partial charge in [0, 0.05) is 37.7 Å². The molecule has 0 aromatic carbocycles. The van der Waals surface area contributed by atoms with Crippen molar-refractivity contribution in [3.05, 3.63) is 22.4 Å². The minimum absolute atomic E-state index is 0.279. The third-order valence-electron chi connectivity index (χ3n) is 4.87. The van der Waals surface area contributed by atoms with Crippen molar-refractivity contribution in [2.45, 2.75) is 44.9 Å². The van der Waals surface area contributed by atoms with Gasteiger partial charge in [-0.15, -0.1) is 11.3 Å². The van der Waals surface area contributed by atoms with Crippen LogP contribution in [0.1, 0.15) is 37.6 Å². The second kappa shape index (κ2) is 10.3. The van der Waals surface area contributed by atoms with Crippen LogP contribution in [0.3, 0.4) is 0 Å². The fraction of sp³-hybridized carbons (Fsp3) is 0.737. The zero-order valence-corrected chi connectivity index (χ0v) is 16.8. The molecule has 26 heavy (non-hydrogen) atoms. The van der Waals surface area contributed by atoms with Crippen molar-refractivity contribution < 1.29 is 9.47 Å². The molecule has 146 valence electrons. The molecule has 2 fully saturated rings. The zero-order valence-electron chi connectivity index (χ0n) is 15.9. The van der Waals surface area contributed by atoms with Crippen molar-refractivity contribution in [2.75, 3.05) is 45.9 Å². The van der Waals surface area contributed by atoms with Crippen LogP contribution in [0.4, 0.5) is 0 Å². The Balaban J connectivity index is 1.63. The molecule has 2 aliphatic heterocycles. The van der Waals surface area contributed by atoms with Crippen LogP contribution in [0, 0.1) is 0 Å². The first-order chi connectivity index (χ1) is 12.8. The average Bonchev–Trinajstić information content (AvgIpc) is 3.34. The summed E-state index contributed by atoms with van der Waals surface area (Å²) in [6, 6.07) is 4.65. The Labute approximate surface area is 161 Å². The van der Waals surface area contributed by atoms with E-state index < -0.39 is 0 Å². The Hall–Kier alpha value is -1.15. The lowest BCUT2D eigenvalue weighted by Gasteiger charge is -2.36. The van der Waals surface area contributed by atoms with Gasteiger partial charge in [-0.05, 0) is 38.1 Å². The lowest BCUT2D eigenvalue weighted by Crippen LogP contribution is -2.45. The van der Waals surface area contributed by atoms with Crippen LogP contribution in [0.15, 0.2) is 22.5 Å². The number of hydrogen-bond acceptors (Lipinski definition) is 5. The Morgan fingerprint density at radius 2 is 2.31 bits per heavy atom. The monoisotopic (exact) mass is 380 g/mol. The van der Waals surface area contributed by atoms with Gasteiger partial charge in [-0.2, -0.15) is 0 Å². The molecule has 1 aromatic rings. The van der Waals surface area contributed by atoms with Gasteiger partial charge in [0.1, 0.15) is 0 Å². The fourth-order valence-corrected chi connectivity index (χ4v) is 4.38. The third-order valence-corrected chi connectivity index (χ3v) is 5.85. The summed E-state index contributed by atoms with van der Waals surface area (Å²) < 4.78 is 11.4. The molecule has 7 heteroatoms. The summed E-state index contributed by atoms with van der Waals surface area (Å²) in [7, 11) is 0. The second-order valence-electron chi connectivity index (χ2n) is 6.94. The van der Waals surface area contributed by atoms with E-state index in [0.717, 1.165) is 64.7 Å². The van der Waals surface area contributed by atoms with Crippen molar-refractivity contribution in [3.8, 4) is 0 Å². The van der Waals surface area contributed by atoms with Crippen molar-refractivity contribution in [1.29, 1.82) is 0 Å². The first-order valence-electron chi connectivity index (χ1n) is 9.79. The summed E-state index contributed by atoms with van der Waals surface area (Å²) in [5, 5.41) is 8.96. The number of ether oxygens (including phenoxy) is 2. The fourth-order valence-electron chi connectivity index (χ4n) is 3.53. The number of nitrogens with one attached hydrogen (secondary N) is 2. The van der Waals surface area contributed by atoms with E-state index in [-0.39, 0.29) is 6.10 Å². The Morgan fingerprint density at radius 1 is 1.38 bits per heavy atom. The predicted molar refractivity (Wildman–Crippen MR) is 107 cm³/mol. The smallest absolute Gasteiger partial charge is 0.191 e. The molecule has 2 N–H and O–H groups in total. The minimum Gasteiger partial charge on any atom is -0.376 e. The van der Waals surface area contributed by atoms with Crippen LogP contribution < -0.4 is 10.6 Å². The predicted octanol–water partition coefficient (Wildman–Crippen LogP) is 2.24. The molecule has 0 saturated carbocycles. The van der Waals surface area contributed by atoms with Crippen LogP contribution in [-0.2, 0) is 9.47 Å². The van der Waals surface area contributed by atoms with Crippen molar-refractivity contribution >= 4 is 17.3 Å². The number of guanidine groups is 1. The molecule has 6 nitrogen and oxygen atoms in total. The highest BCUT2D eigenvalue weighted by Gasteiger charge is 2.26. The minimum atomic E-state index is 0.279. The van der Waals surface area contributed by atoms with Crippen molar-refractivity contribution in [2.24, 2.45) is 4.99 Å². The van der Waals surface area contributed by atoms with Gasteiger partial charge in [-0.25, -0.2) is 0 Å². The largest absolute Gasteiger partial charge is 0.376 e. The van der Waals surface area contributed by atoms with E-state index in [1.165, 1.54) is 4.88 Å². The molecule has 2 aliphatic rings. The Bertz CT molecular complexity index is 546. The molecule has 0 spiro atoms. The molecule has 0 amide bonds. The van der Waals surface area contributed by atoms with Crippen LogP contribution >= 0.6 is 11.3 Å². The van der Waals surface area contributed by atoms with Crippen LogP contribution in [0.5, 0.6) is 0 Å². The van der Waals surface area contributed by atoms with Gasteiger partial charge in [0.2, 0.25) is 0 Å². The Morgan fingerprint density at radius 3 is 3.00 bits per heavy atom. The van der Waals surface area contributed by atoms with Gasteiger partial charge in [-0.1, -0.05) is 6.07 Å². The summed E-state index contributed by atoms with van der Waals surface area (Å²) in [6.07, 6.45) is 2.89. The molecule has 0 radical (unpaired) electrons. The van der Waals surface area contributed by atoms with Gasteiger partial charge >= 0.3 is 0 Å². The maximum Gasteiger partial charge on any atom is 0.191 e. The van der Waals surface area contributed by atoms with Gasteiger partial charge in [-0.3, -0.25) is 9.89 Å². The maximum absolute atomic E-state index is 5.72. The molecule has 1 aromatic heterocycles. The first-order valence-corrected chi connectivity index (χ1v) is 10.7. The number of hydrogen-bond donors (Lipinski definition) is 2. The van der Waals surface area contributed by atoms with Crippen molar-refractivity contribution in [3.63, 3.8) is 0 Å². The SMILES string of the molecule is CCNC(=NCC(c1cccs1)N1CCOC(C)C1)NCC1CCCO1. The summed E-state index contributed by atoms with van der Waals surface area (Å²) >= 11 is 1.81. The number of morpholine rings is 1. The van der Waals surface area contributed by atoms with E-state index in [4.69, 9.17) is 14.5 Å². The maximum atomic E-state index is 5.72. The molecule has 2 saturated heterocycles. The molecule has 0 aliphatic carbocycles. The third kappa shape index (κ3) is 5.67. The molecule has 3 unspecified atom stereocenters. The molecular weight excluding hydrogens is 348 g/mol. The van der Waals surface area contributed by atoms with E-state index in [1.807, 2.05) is 11.3 Å². The highest BCUT2D eigenvalue weighted by Crippen LogP contribution is 2.27. The topological polar surface area (TPSA) is 58.1 Å². The highest BCUT2D eigenvalue weighted by atomic mass is 32.1. The lowest BCUT2D eigenvalue weighted by molar-refractivity contribution is -0.0327. The molecule has 3 heterocycles. The summed E-state index contributed by atoms with van der Waals surface area (Å²) in [5.41, 5.74) is 0. The highest BCUT2D eigenvalue weighted by molar-refractivity contribution is 7.10. The van der Waals surface area contributed by atoms with E-state index in [1.54, 1.807) is 0 Å². The summed E-state index contributed by atoms with van der Waals surface area (Å²) in [6.45, 7) is 10.3. The Kier molecular flexibility index (Phi) is 7.73. The summed E-state index contributed by atoms with van der Waals surface area (Å²) in [4.78, 5) is 8.77. The van der Waals surface area contributed by atoms with Crippen LogP contribution in [-0.4, -0.2) is 69.0 Å². The molecule has 3 atom stereocenters. The normalized spacial score (nSPS) is 26.0. The van der Waals surface area contributed by atoms with E-state index >= 15 is 0 Å². The van der Waals surface area contributed by atoms with Gasteiger partial charge in [0.05, 0.1) is 31.4 Å². The van der Waals surface area contributed by atoms with E-state index in [0.29, 0.717) is 12.1 Å². The average molecular weight is 381 g/mol. The molecular formula is C19H32N4O2S. The van der Waals surface area contributed by atoms with Crippen LogP contribution in [0.25, 0.3) is 0 Å². The number of aliphatic imine (C=N–C) groups is 1. The van der Waals surface area contributed by atoms with Gasteiger partial charge in [0.25, 0.3) is 0 Å². The second-order valence-corrected chi connectivity index (χ2v) is 7.92. The van der Waals surface area contributed by atoms with Gasteiger partial charge < -0.3 is 20.1 Å². The molecule has 3 rings (SSSR count).